The summed E-state index contributed by atoms with van der Waals surface area (Å²) in [4.78, 5) is 14.9. The maximum Gasteiger partial charge on any atom is 0.164 e. The predicted molar refractivity (Wildman–Crippen MR) is 184 cm³/mol. The Labute approximate surface area is 259 Å². The number of benzene rings is 7. The van der Waals surface area contributed by atoms with E-state index >= 15 is 0 Å². The highest BCUT2D eigenvalue weighted by Crippen LogP contribution is 2.43. The lowest BCUT2D eigenvalue weighted by Gasteiger charge is -2.11. The first-order chi connectivity index (χ1) is 22.3. The molecule has 0 spiro atoms. The summed E-state index contributed by atoms with van der Waals surface area (Å²) in [5.41, 5.74) is 6.63. The van der Waals surface area contributed by atoms with E-state index < -0.39 is 0 Å². The molecule has 0 bridgehead atoms. The summed E-state index contributed by atoms with van der Waals surface area (Å²) in [5.74, 6) is 1.87. The average Bonchev–Trinajstić information content (AvgIpc) is 3.51. The van der Waals surface area contributed by atoms with Gasteiger partial charge in [-0.2, -0.15) is 0 Å². The van der Waals surface area contributed by atoms with Crippen molar-refractivity contribution in [2.75, 3.05) is 0 Å². The van der Waals surface area contributed by atoms with Crippen molar-refractivity contribution in [1.82, 2.24) is 15.0 Å². The molecule has 45 heavy (non-hydrogen) atoms. The van der Waals surface area contributed by atoms with Crippen LogP contribution >= 0.6 is 0 Å². The number of hydrogen-bond acceptors (Lipinski definition) is 4. The van der Waals surface area contributed by atoms with Crippen LogP contribution in [0.25, 0.3) is 88.8 Å². The molecule has 9 aromatic rings. The number of furan rings is 1. The third kappa shape index (κ3) is 4.19. The Morgan fingerprint density at radius 3 is 1.67 bits per heavy atom. The van der Waals surface area contributed by atoms with E-state index in [0.29, 0.717) is 17.5 Å². The van der Waals surface area contributed by atoms with Gasteiger partial charge in [0.15, 0.2) is 17.5 Å². The highest BCUT2D eigenvalue weighted by atomic mass is 16.3. The van der Waals surface area contributed by atoms with Crippen LogP contribution in [0, 0.1) is 0 Å². The maximum atomic E-state index is 6.72. The first-order valence-electron chi connectivity index (χ1n) is 15.0. The highest BCUT2D eigenvalue weighted by Gasteiger charge is 2.20. The number of rotatable bonds is 4. The third-order valence-corrected chi connectivity index (χ3v) is 8.52. The molecule has 210 valence electrons. The zero-order chi connectivity index (χ0) is 29.7. The molecule has 4 nitrogen and oxygen atoms in total. The van der Waals surface area contributed by atoms with Crippen molar-refractivity contribution in [3.05, 3.63) is 152 Å². The molecule has 2 aromatic heterocycles. The smallest absolute Gasteiger partial charge is 0.164 e. The molecule has 0 N–H and O–H groups in total. The van der Waals surface area contributed by atoms with Crippen LogP contribution in [0.1, 0.15) is 0 Å². The first kappa shape index (κ1) is 25.4. The van der Waals surface area contributed by atoms with Crippen LogP contribution in [0.2, 0.25) is 0 Å². The highest BCUT2D eigenvalue weighted by molar-refractivity contribution is 6.19. The predicted octanol–water partition coefficient (Wildman–Crippen LogP) is 10.7. The Bertz CT molecular complexity index is 2480. The van der Waals surface area contributed by atoms with Crippen molar-refractivity contribution < 1.29 is 4.42 Å². The molecule has 0 radical (unpaired) electrons. The van der Waals surface area contributed by atoms with Crippen LogP contribution in [0.4, 0.5) is 0 Å². The van der Waals surface area contributed by atoms with Gasteiger partial charge in [-0.25, -0.2) is 15.0 Å². The van der Waals surface area contributed by atoms with Gasteiger partial charge in [0.1, 0.15) is 11.2 Å². The molecule has 0 fully saturated rings. The van der Waals surface area contributed by atoms with E-state index in [1.807, 2.05) is 72.8 Å². The van der Waals surface area contributed by atoms with Gasteiger partial charge in [-0.05, 0) is 39.2 Å². The Hall–Kier alpha value is -6.13. The number of hydrogen-bond donors (Lipinski definition) is 0. The van der Waals surface area contributed by atoms with E-state index in [9.17, 15) is 0 Å². The molecule has 9 rings (SSSR count). The van der Waals surface area contributed by atoms with Crippen molar-refractivity contribution in [3.8, 4) is 45.3 Å². The van der Waals surface area contributed by atoms with Gasteiger partial charge in [0, 0.05) is 33.0 Å². The Morgan fingerprint density at radius 2 is 0.933 bits per heavy atom. The second kappa shape index (κ2) is 10.2. The number of para-hydroxylation sites is 1. The quantitative estimate of drug-likeness (QED) is 0.196. The summed E-state index contributed by atoms with van der Waals surface area (Å²) >= 11 is 0. The van der Waals surface area contributed by atoms with E-state index in [1.165, 1.54) is 21.5 Å². The summed E-state index contributed by atoms with van der Waals surface area (Å²) < 4.78 is 6.72. The summed E-state index contributed by atoms with van der Waals surface area (Å²) in [6.07, 6.45) is 0. The number of aromatic nitrogens is 3. The normalized spacial score (nSPS) is 11.6. The molecule has 0 aliphatic rings. The molecule has 0 saturated heterocycles. The van der Waals surface area contributed by atoms with Gasteiger partial charge < -0.3 is 4.42 Å². The molecular weight excluding hydrogens is 550 g/mol. The topological polar surface area (TPSA) is 51.8 Å². The van der Waals surface area contributed by atoms with E-state index in [2.05, 4.69) is 78.9 Å². The summed E-state index contributed by atoms with van der Waals surface area (Å²) in [6, 6.07) is 52.1. The average molecular weight is 576 g/mol. The van der Waals surface area contributed by atoms with Crippen LogP contribution in [0.5, 0.6) is 0 Å². The number of fused-ring (bicyclic) bond motifs is 6. The lowest BCUT2D eigenvalue weighted by Crippen LogP contribution is -2.00. The van der Waals surface area contributed by atoms with Crippen LogP contribution in [-0.2, 0) is 0 Å². The number of nitrogens with zero attached hydrogens (tertiary/aromatic N) is 3. The van der Waals surface area contributed by atoms with Gasteiger partial charge in [-0.15, -0.1) is 0 Å². The minimum Gasteiger partial charge on any atom is -0.455 e. The van der Waals surface area contributed by atoms with Crippen molar-refractivity contribution in [1.29, 1.82) is 0 Å². The van der Waals surface area contributed by atoms with Gasteiger partial charge in [0.25, 0.3) is 0 Å². The monoisotopic (exact) mass is 575 g/mol. The fourth-order valence-electron chi connectivity index (χ4n) is 6.45. The molecule has 0 aliphatic carbocycles. The molecular formula is C41H25N3O. The summed E-state index contributed by atoms with van der Waals surface area (Å²) in [5, 5.41) is 6.89. The first-order valence-corrected chi connectivity index (χ1v) is 15.0. The van der Waals surface area contributed by atoms with E-state index in [1.54, 1.807) is 0 Å². The van der Waals surface area contributed by atoms with Gasteiger partial charge in [0.2, 0.25) is 0 Å². The molecule has 4 heteroatoms. The van der Waals surface area contributed by atoms with Crippen molar-refractivity contribution in [3.63, 3.8) is 0 Å². The molecule has 7 aromatic carbocycles. The summed E-state index contributed by atoms with van der Waals surface area (Å²) in [6.45, 7) is 0. The van der Waals surface area contributed by atoms with Crippen molar-refractivity contribution in [2.24, 2.45) is 0 Å². The second-order valence-corrected chi connectivity index (χ2v) is 11.2. The summed E-state index contributed by atoms with van der Waals surface area (Å²) in [7, 11) is 0. The van der Waals surface area contributed by atoms with Crippen molar-refractivity contribution in [2.45, 2.75) is 0 Å². The van der Waals surface area contributed by atoms with Crippen molar-refractivity contribution >= 4 is 43.5 Å². The van der Waals surface area contributed by atoms with Gasteiger partial charge in [-0.3, -0.25) is 0 Å². The third-order valence-electron chi connectivity index (χ3n) is 8.52. The Balaban J connectivity index is 1.31. The van der Waals surface area contributed by atoms with Gasteiger partial charge in [-0.1, -0.05) is 140 Å². The lowest BCUT2D eigenvalue weighted by atomic mass is 9.92. The van der Waals surface area contributed by atoms with Crippen LogP contribution in [0.3, 0.4) is 0 Å². The van der Waals surface area contributed by atoms with Crippen LogP contribution < -0.4 is 0 Å². The largest absolute Gasteiger partial charge is 0.455 e. The van der Waals surface area contributed by atoms with E-state index in [4.69, 9.17) is 19.4 Å². The zero-order valence-electron chi connectivity index (χ0n) is 24.2. The van der Waals surface area contributed by atoms with E-state index in [-0.39, 0.29) is 0 Å². The van der Waals surface area contributed by atoms with Crippen LogP contribution in [-0.4, -0.2) is 15.0 Å². The Kier molecular flexibility index (Phi) is 5.78. The molecule has 0 saturated carbocycles. The second-order valence-electron chi connectivity index (χ2n) is 11.2. The molecule has 0 unspecified atom stereocenters. The molecule has 0 aliphatic heterocycles. The van der Waals surface area contributed by atoms with Gasteiger partial charge in [0.05, 0.1) is 0 Å². The maximum absolute atomic E-state index is 6.72. The van der Waals surface area contributed by atoms with Crippen LogP contribution in [0.15, 0.2) is 156 Å². The van der Waals surface area contributed by atoms with Gasteiger partial charge >= 0.3 is 0 Å². The standard InChI is InChI=1S/C41H25N3O/c1-3-13-26(14-4-1)39-42-40(27-15-5-2-6-16-27)44-41(43-39)34-23-12-24-36-37(34)33-22-11-21-32(38(33)45-36)35-25-28-17-7-8-18-29(28)30-19-9-10-20-31(30)35/h1-25H. The lowest BCUT2D eigenvalue weighted by molar-refractivity contribution is 0.670. The fraction of sp³-hybridized carbons (Fsp3) is 0. The zero-order valence-corrected chi connectivity index (χ0v) is 24.2. The minimum absolute atomic E-state index is 0.609. The Morgan fingerprint density at radius 1 is 0.378 bits per heavy atom. The van der Waals surface area contributed by atoms with E-state index in [0.717, 1.165) is 49.8 Å². The SMILES string of the molecule is c1ccc(-c2nc(-c3ccccc3)nc(-c3cccc4oc5c(-c6cc7ccccc7c7ccccc67)cccc5c34)n2)cc1. The fourth-order valence-corrected chi connectivity index (χ4v) is 6.45. The molecule has 0 atom stereocenters. The minimum atomic E-state index is 0.609. The molecule has 0 amide bonds. The molecule has 2 heterocycles.